The second kappa shape index (κ2) is 4.27. The second-order valence-electron chi connectivity index (χ2n) is 4.44. The van der Waals surface area contributed by atoms with E-state index in [1.807, 2.05) is 6.07 Å². The third-order valence-corrected chi connectivity index (χ3v) is 3.70. The van der Waals surface area contributed by atoms with Gasteiger partial charge in [0.1, 0.15) is 5.82 Å². The summed E-state index contributed by atoms with van der Waals surface area (Å²) < 4.78 is 0. The Morgan fingerprint density at radius 2 is 1.75 bits per heavy atom. The Kier molecular flexibility index (Phi) is 3.13. The maximum atomic E-state index is 5.96. The normalized spacial score (nSPS) is 13.6. The maximum absolute atomic E-state index is 5.96. The first-order valence-corrected chi connectivity index (χ1v) is 6.09. The van der Waals surface area contributed by atoms with Crippen molar-refractivity contribution in [2.45, 2.75) is 26.7 Å². The quantitative estimate of drug-likeness (QED) is 0.834. The highest BCUT2D eigenvalue weighted by atomic mass is 35.5. The molecule has 0 amide bonds. The minimum absolute atomic E-state index is 0.393. The third-order valence-electron chi connectivity index (χ3n) is 2.97. The number of rotatable bonds is 2. The summed E-state index contributed by atoms with van der Waals surface area (Å²) in [7, 11) is 0. The van der Waals surface area contributed by atoms with Gasteiger partial charge in [0.25, 0.3) is 0 Å². The van der Waals surface area contributed by atoms with Gasteiger partial charge in [-0.3, -0.25) is 0 Å². The van der Waals surface area contributed by atoms with Gasteiger partial charge in [-0.05, 0) is 18.1 Å². The van der Waals surface area contributed by atoms with Gasteiger partial charge in [0, 0.05) is 5.92 Å². The van der Waals surface area contributed by atoms with E-state index in [4.69, 9.17) is 23.2 Å². The Morgan fingerprint density at radius 3 is 2.38 bits per heavy atom. The first-order valence-electron chi connectivity index (χ1n) is 5.33. The number of nitrogens with one attached hydrogen (secondary N) is 1. The van der Waals surface area contributed by atoms with E-state index in [0.29, 0.717) is 21.9 Å². The van der Waals surface area contributed by atoms with Crippen LogP contribution in [0.5, 0.6) is 0 Å². The number of benzene rings is 1. The van der Waals surface area contributed by atoms with Crippen molar-refractivity contribution in [1.82, 2.24) is 9.97 Å². The van der Waals surface area contributed by atoms with Gasteiger partial charge in [0.05, 0.1) is 21.1 Å². The van der Waals surface area contributed by atoms with Gasteiger partial charge in [0.2, 0.25) is 0 Å². The monoisotopic (exact) mass is 256 g/mol. The van der Waals surface area contributed by atoms with Crippen molar-refractivity contribution in [3.8, 4) is 0 Å². The van der Waals surface area contributed by atoms with E-state index >= 15 is 0 Å². The molecule has 2 aromatic rings. The van der Waals surface area contributed by atoms with Crippen LogP contribution in [0.25, 0.3) is 11.0 Å². The van der Waals surface area contributed by atoms with Gasteiger partial charge >= 0.3 is 0 Å². The molecule has 0 aliphatic carbocycles. The lowest BCUT2D eigenvalue weighted by Crippen LogP contribution is -2.03. The van der Waals surface area contributed by atoms with Gasteiger partial charge in [0.15, 0.2) is 0 Å². The number of H-pyrrole nitrogens is 1. The smallest absolute Gasteiger partial charge is 0.110 e. The number of nitrogens with zero attached hydrogens (tertiary/aromatic N) is 1. The van der Waals surface area contributed by atoms with E-state index in [1.54, 1.807) is 6.07 Å². The summed E-state index contributed by atoms with van der Waals surface area (Å²) in [5, 5.41) is 1.10. The predicted molar refractivity (Wildman–Crippen MR) is 69.4 cm³/mol. The van der Waals surface area contributed by atoms with Gasteiger partial charge < -0.3 is 4.98 Å². The molecule has 1 atom stereocenters. The summed E-state index contributed by atoms with van der Waals surface area (Å²) in [5.74, 6) is 1.93. The Hall–Kier alpha value is -0.730. The number of imidazole rings is 1. The molecule has 1 heterocycles. The topological polar surface area (TPSA) is 28.7 Å². The minimum Gasteiger partial charge on any atom is -0.342 e. The average Bonchev–Trinajstić information content (AvgIpc) is 2.60. The molecule has 86 valence electrons. The van der Waals surface area contributed by atoms with Crippen molar-refractivity contribution >= 4 is 34.2 Å². The summed E-state index contributed by atoms with van der Waals surface area (Å²) >= 11 is 11.9. The zero-order chi connectivity index (χ0) is 11.9. The van der Waals surface area contributed by atoms with E-state index in [0.717, 1.165) is 16.9 Å². The van der Waals surface area contributed by atoms with Crippen LogP contribution in [0.3, 0.4) is 0 Å². The lowest BCUT2D eigenvalue weighted by Gasteiger charge is -2.11. The summed E-state index contributed by atoms with van der Waals surface area (Å²) in [4.78, 5) is 7.83. The zero-order valence-electron chi connectivity index (χ0n) is 9.51. The van der Waals surface area contributed by atoms with Crippen LogP contribution < -0.4 is 0 Å². The molecule has 0 spiro atoms. The number of hydrogen-bond donors (Lipinski definition) is 1. The summed E-state index contributed by atoms with van der Waals surface area (Å²) in [6.45, 7) is 6.52. The highest BCUT2D eigenvalue weighted by molar-refractivity contribution is 6.42. The first kappa shape index (κ1) is 11.7. The molecule has 1 N–H and O–H groups in total. The van der Waals surface area contributed by atoms with E-state index in [1.165, 1.54) is 0 Å². The molecule has 0 fully saturated rings. The molecule has 0 aliphatic heterocycles. The lowest BCUT2D eigenvalue weighted by atomic mass is 9.98. The van der Waals surface area contributed by atoms with E-state index in [2.05, 4.69) is 30.7 Å². The Bertz CT molecular complexity index is 478. The molecule has 0 saturated carbocycles. The van der Waals surface area contributed by atoms with E-state index in [9.17, 15) is 0 Å². The molecule has 0 saturated heterocycles. The van der Waals surface area contributed by atoms with Crippen LogP contribution in [0, 0.1) is 5.92 Å². The van der Waals surface area contributed by atoms with Crippen molar-refractivity contribution in [1.29, 1.82) is 0 Å². The fraction of sp³-hybridized carbons (Fsp3) is 0.417. The molecular formula is C12H14Cl2N2. The molecule has 1 unspecified atom stereocenters. The summed E-state index contributed by atoms with van der Waals surface area (Å²) in [6, 6.07) is 3.62. The van der Waals surface area contributed by atoms with Gasteiger partial charge in [-0.2, -0.15) is 0 Å². The van der Waals surface area contributed by atoms with Crippen molar-refractivity contribution in [3.63, 3.8) is 0 Å². The first-order chi connectivity index (χ1) is 7.49. The number of halogens is 2. The van der Waals surface area contributed by atoms with Gasteiger partial charge in [-0.25, -0.2) is 4.98 Å². The Morgan fingerprint density at radius 1 is 1.12 bits per heavy atom. The molecule has 4 heteroatoms. The predicted octanol–water partition coefficient (Wildman–Crippen LogP) is 4.63. The number of fused-ring (bicyclic) bond motifs is 1. The number of aromatic nitrogens is 2. The fourth-order valence-electron chi connectivity index (χ4n) is 1.56. The number of aromatic amines is 1. The fourth-order valence-corrected chi connectivity index (χ4v) is 1.88. The molecule has 2 nitrogen and oxygen atoms in total. The minimum atomic E-state index is 0.393. The lowest BCUT2D eigenvalue weighted by molar-refractivity contribution is 0.515. The molecule has 2 rings (SSSR count). The molecule has 0 radical (unpaired) electrons. The molecule has 1 aromatic heterocycles. The zero-order valence-corrected chi connectivity index (χ0v) is 11.0. The Balaban J connectivity index is 2.52. The highest BCUT2D eigenvalue weighted by Gasteiger charge is 2.15. The molecular weight excluding hydrogens is 243 g/mol. The van der Waals surface area contributed by atoms with E-state index < -0.39 is 0 Å². The number of hydrogen-bond acceptors (Lipinski definition) is 1. The standard InChI is InChI=1S/C12H14Cl2N2/c1-6(2)7(3)12-15-10-4-8(13)9(14)5-11(10)16-12/h4-7H,1-3H3,(H,15,16). The molecule has 0 bridgehead atoms. The van der Waals surface area contributed by atoms with Crippen molar-refractivity contribution < 1.29 is 0 Å². The Labute approximate surface area is 105 Å². The van der Waals surface area contributed by atoms with Crippen LogP contribution in [0.1, 0.15) is 32.5 Å². The molecule has 1 aromatic carbocycles. The average molecular weight is 257 g/mol. The van der Waals surface area contributed by atoms with Crippen LogP contribution in [0.2, 0.25) is 10.0 Å². The van der Waals surface area contributed by atoms with Crippen LogP contribution >= 0.6 is 23.2 Å². The largest absolute Gasteiger partial charge is 0.342 e. The van der Waals surface area contributed by atoms with Crippen molar-refractivity contribution in [3.05, 3.63) is 28.0 Å². The van der Waals surface area contributed by atoms with Crippen LogP contribution in [0.15, 0.2) is 12.1 Å². The molecule has 0 aliphatic rings. The van der Waals surface area contributed by atoms with Gasteiger partial charge in [-0.1, -0.05) is 44.0 Å². The summed E-state index contributed by atoms with van der Waals surface area (Å²) in [6.07, 6.45) is 0. The summed E-state index contributed by atoms with van der Waals surface area (Å²) in [5.41, 5.74) is 1.81. The van der Waals surface area contributed by atoms with Crippen LogP contribution in [-0.4, -0.2) is 9.97 Å². The van der Waals surface area contributed by atoms with Gasteiger partial charge in [-0.15, -0.1) is 0 Å². The van der Waals surface area contributed by atoms with Crippen LogP contribution in [-0.2, 0) is 0 Å². The van der Waals surface area contributed by atoms with E-state index in [-0.39, 0.29) is 0 Å². The maximum Gasteiger partial charge on any atom is 0.110 e. The third kappa shape index (κ3) is 2.04. The SMILES string of the molecule is CC(C)C(C)c1nc2cc(Cl)c(Cl)cc2[nH]1. The van der Waals surface area contributed by atoms with Crippen LogP contribution in [0.4, 0.5) is 0 Å². The van der Waals surface area contributed by atoms with Crippen molar-refractivity contribution in [2.75, 3.05) is 0 Å². The second-order valence-corrected chi connectivity index (χ2v) is 5.25. The highest BCUT2D eigenvalue weighted by Crippen LogP contribution is 2.29. The van der Waals surface area contributed by atoms with Crippen molar-refractivity contribution in [2.24, 2.45) is 5.92 Å². The molecule has 16 heavy (non-hydrogen) atoms.